The molecule has 3 aromatic rings. The summed E-state index contributed by atoms with van der Waals surface area (Å²) in [6.07, 6.45) is 1.53. The van der Waals surface area contributed by atoms with Crippen molar-refractivity contribution in [3.05, 3.63) is 94.5 Å². The Morgan fingerprint density at radius 3 is 2.22 bits per heavy atom. The highest BCUT2D eigenvalue weighted by molar-refractivity contribution is 7.92. The van der Waals surface area contributed by atoms with Crippen molar-refractivity contribution in [3.63, 3.8) is 0 Å². The monoisotopic (exact) mass is 469 g/mol. The molecule has 0 aliphatic carbocycles. The van der Waals surface area contributed by atoms with Gasteiger partial charge in [0.15, 0.2) is 0 Å². The minimum atomic E-state index is -3.86. The summed E-state index contributed by atoms with van der Waals surface area (Å²) in [4.78, 5) is 24.7. The van der Waals surface area contributed by atoms with Crippen LogP contribution in [0.5, 0.6) is 0 Å². The van der Waals surface area contributed by atoms with Gasteiger partial charge < -0.3 is 0 Å². The van der Waals surface area contributed by atoms with E-state index in [0.29, 0.717) is 23.7 Å². The zero-order chi connectivity index (χ0) is 22.7. The van der Waals surface area contributed by atoms with Crippen molar-refractivity contribution in [1.29, 1.82) is 0 Å². The van der Waals surface area contributed by atoms with Gasteiger partial charge >= 0.3 is 0 Å². The van der Waals surface area contributed by atoms with Crippen LogP contribution in [0.4, 0.5) is 5.69 Å². The number of amides is 2. The number of anilines is 1. The molecule has 1 aliphatic rings. The van der Waals surface area contributed by atoms with E-state index in [0.717, 1.165) is 12.0 Å². The molecule has 7 nitrogen and oxygen atoms in total. The average molecular weight is 470 g/mol. The Morgan fingerprint density at radius 2 is 1.50 bits per heavy atom. The van der Waals surface area contributed by atoms with Gasteiger partial charge in [-0.25, -0.2) is 8.42 Å². The lowest BCUT2D eigenvalue weighted by Crippen LogP contribution is -2.41. The van der Waals surface area contributed by atoms with Crippen LogP contribution >= 0.6 is 11.6 Å². The van der Waals surface area contributed by atoms with Gasteiger partial charge in [-0.1, -0.05) is 41.9 Å². The molecule has 0 bridgehead atoms. The lowest BCUT2D eigenvalue weighted by atomic mass is 10.0. The molecule has 9 heteroatoms. The van der Waals surface area contributed by atoms with Crippen molar-refractivity contribution in [2.75, 3.05) is 10.8 Å². The second kappa shape index (κ2) is 9.02. The minimum Gasteiger partial charge on any atom is -0.267 e. The third-order valence-corrected chi connectivity index (χ3v) is 7.17. The van der Waals surface area contributed by atoms with Gasteiger partial charge in [-0.15, -0.1) is 0 Å². The molecule has 1 heterocycles. The van der Waals surface area contributed by atoms with E-state index in [-0.39, 0.29) is 16.0 Å². The van der Waals surface area contributed by atoms with Crippen LogP contribution in [0.2, 0.25) is 5.02 Å². The lowest BCUT2D eigenvalue weighted by molar-refractivity contribution is 0.0846. The Morgan fingerprint density at radius 1 is 0.844 bits per heavy atom. The minimum absolute atomic E-state index is 0.00280. The highest BCUT2D eigenvalue weighted by atomic mass is 35.5. The summed E-state index contributed by atoms with van der Waals surface area (Å²) >= 11 is 5.88. The largest absolute Gasteiger partial charge is 0.269 e. The molecule has 0 atom stereocenters. The second-order valence-electron chi connectivity index (χ2n) is 7.26. The Balaban J connectivity index is 1.52. The summed E-state index contributed by atoms with van der Waals surface area (Å²) in [6, 6.07) is 19.4. The van der Waals surface area contributed by atoms with E-state index in [4.69, 9.17) is 11.6 Å². The number of aryl methyl sites for hydroxylation is 1. The van der Waals surface area contributed by atoms with Crippen molar-refractivity contribution >= 4 is 39.1 Å². The molecule has 0 radical (unpaired) electrons. The van der Waals surface area contributed by atoms with Gasteiger partial charge in [-0.05, 0) is 60.9 Å². The van der Waals surface area contributed by atoms with Crippen LogP contribution in [-0.4, -0.2) is 26.8 Å². The van der Waals surface area contributed by atoms with Gasteiger partial charge in [0, 0.05) is 22.7 Å². The number of fused-ring (bicyclic) bond motifs is 1. The fraction of sp³-hybridized carbons (Fsp3) is 0.130. The summed E-state index contributed by atoms with van der Waals surface area (Å²) in [6.45, 7) is 0.367. The van der Waals surface area contributed by atoms with E-state index in [1.165, 1.54) is 34.6 Å². The van der Waals surface area contributed by atoms with Crippen LogP contribution in [0.15, 0.2) is 77.7 Å². The van der Waals surface area contributed by atoms with Gasteiger partial charge in [0.25, 0.3) is 21.8 Å². The quantitative estimate of drug-likeness (QED) is 0.571. The molecular weight excluding hydrogens is 450 g/mol. The zero-order valence-corrected chi connectivity index (χ0v) is 18.5. The molecule has 0 fully saturated rings. The number of hydrogen-bond donors (Lipinski definition) is 2. The van der Waals surface area contributed by atoms with Crippen LogP contribution in [0.1, 0.15) is 32.7 Å². The van der Waals surface area contributed by atoms with Crippen molar-refractivity contribution in [2.24, 2.45) is 0 Å². The summed E-state index contributed by atoms with van der Waals surface area (Å²) < 4.78 is 28.0. The molecule has 0 aromatic heterocycles. The first kappa shape index (κ1) is 21.9. The van der Waals surface area contributed by atoms with E-state index in [1.807, 2.05) is 12.1 Å². The van der Waals surface area contributed by atoms with Gasteiger partial charge in [0.1, 0.15) is 0 Å². The van der Waals surface area contributed by atoms with Crippen molar-refractivity contribution < 1.29 is 18.0 Å². The topological polar surface area (TPSA) is 95.6 Å². The second-order valence-corrected chi connectivity index (χ2v) is 9.55. The van der Waals surface area contributed by atoms with E-state index < -0.39 is 21.8 Å². The fourth-order valence-corrected chi connectivity index (χ4v) is 5.34. The average Bonchev–Trinajstić information content (AvgIpc) is 2.82. The van der Waals surface area contributed by atoms with Crippen molar-refractivity contribution in [3.8, 4) is 0 Å². The Bertz CT molecular complexity index is 1290. The first-order valence-electron chi connectivity index (χ1n) is 9.93. The SMILES string of the molecule is O=C(NNC(=O)c1cccc(S(=O)(=O)N2CCCc3ccccc32)c1)c1cccc(Cl)c1. The van der Waals surface area contributed by atoms with Gasteiger partial charge in [-0.3, -0.25) is 24.7 Å². The van der Waals surface area contributed by atoms with E-state index >= 15 is 0 Å². The van der Waals surface area contributed by atoms with Crippen LogP contribution in [-0.2, 0) is 16.4 Å². The molecule has 0 spiro atoms. The smallest absolute Gasteiger partial charge is 0.267 e. The fourth-order valence-electron chi connectivity index (χ4n) is 3.56. The number of carbonyl (C=O) groups excluding carboxylic acids is 2. The molecule has 2 N–H and O–H groups in total. The van der Waals surface area contributed by atoms with E-state index in [1.54, 1.807) is 30.3 Å². The molecule has 0 saturated heterocycles. The number of nitrogens with one attached hydrogen (secondary N) is 2. The predicted molar refractivity (Wildman–Crippen MR) is 122 cm³/mol. The van der Waals surface area contributed by atoms with Gasteiger partial charge in [0.2, 0.25) is 0 Å². The maximum absolute atomic E-state index is 13.3. The highest BCUT2D eigenvalue weighted by Crippen LogP contribution is 2.31. The van der Waals surface area contributed by atoms with Crippen LogP contribution < -0.4 is 15.2 Å². The Labute approximate surface area is 191 Å². The maximum atomic E-state index is 13.3. The molecule has 0 saturated carbocycles. The number of para-hydroxylation sites is 1. The standard InChI is InChI=1S/C23H20ClN3O4S/c24-19-10-3-7-17(14-19)22(28)25-26-23(29)18-8-4-11-20(15-18)32(30,31)27-13-5-9-16-6-1-2-12-21(16)27/h1-4,6-8,10-12,14-15H,5,9,13H2,(H,25,28)(H,26,29). The summed E-state index contributed by atoms with van der Waals surface area (Å²) in [5, 5.41) is 0.390. The van der Waals surface area contributed by atoms with E-state index in [2.05, 4.69) is 10.9 Å². The molecule has 164 valence electrons. The molecule has 0 unspecified atom stereocenters. The first-order valence-corrected chi connectivity index (χ1v) is 11.7. The number of carbonyl (C=O) groups is 2. The number of nitrogens with zero attached hydrogens (tertiary/aromatic N) is 1. The number of sulfonamides is 1. The normalized spacial score (nSPS) is 13.2. The lowest BCUT2D eigenvalue weighted by Gasteiger charge is -2.30. The molecule has 32 heavy (non-hydrogen) atoms. The number of halogens is 1. The summed E-state index contributed by atoms with van der Waals surface area (Å²) in [5.74, 6) is -1.19. The number of hydrogen-bond acceptors (Lipinski definition) is 4. The summed E-state index contributed by atoms with van der Waals surface area (Å²) in [7, 11) is -3.86. The third-order valence-electron chi connectivity index (χ3n) is 5.13. The van der Waals surface area contributed by atoms with Crippen LogP contribution in [0.3, 0.4) is 0 Å². The van der Waals surface area contributed by atoms with Crippen LogP contribution in [0.25, 0.3) is 0 Å². The number of rotatable bonds is 4. The van der Waals surface area contributed by atoms with Crippen LogP contribution in [0, 0.1) is 0 Å². The zero-order valence-electron chi connectivity index (χ0n) is 16.9. The highest BCUT2D eigenvalue weighted by Gasteiger charge is 2.29. The molecule has 3 aromatic carbocycles. The van der Waals surface area contributed by atoms with Crippen molar-refractivity contribution in [2.45, 2.75) is 17.7 Å². The predicted octanol–water partition coefficient (Wildman–Crippen LogP) is 3.56. The van der Waals surface area contributed by atoms with Gasteiger partial charge in [-0.2, -0.15) is 0 Å². The van der Waals surface area contributed by atoms with E-state index in [9.17, 15) is 18.0 Å². The molecular formula is C23H20ClN3O4S. The number of benzene rings is 3. The molecule has 4 rings (SSSR count). The molecule has 1 aliphatic heterocycles. The molecule has 2 amide bonds. The Hall–Kier alpha value is -3.36. The Kier molecular flexibility index (Phi) is 6.16. The maximum Gasteiger partial charge on any atom is 0.269 e. The number of hydrazine groups is 1. The third kappa shape index (κ3) is 4.46. The first-order chi connectivity index (χ1) is 15.4. The van der Waals surface area contributed by atoms with Gasteiger partial charge in [0.05, 0.1) is 10.6 Å². The summed E-state index contributed by atoms with van der Waals surface area (Å²) in [5.41, 5.74) is 6.61. The van der Waals surface area contributed by atoms with Crippen molar-refractivity contribution in [1.82, 2.24) is 10.9 Å².